The van der Waals surface area contributed by atoms with E-state index in [1.54, 1.807) is 0 Å². The highest BCUT2D eigenvalue weighted by molar-refractivity contribution is 5.42. The van der Waals surface area contributed by atoms with Gasteiger partial charge in [0.15, 0.2) is 0 Å². The zero-order chi connectivity index (χ0) is 12.0. The van der Waals surface area contributed by atoms with E-state index in [4.69, 9.17) is 4.74 Å². The summed E-state index contributed by atoms with van der Waals surface area (Å²) in [6.45, 7) is 9.56. The number of nitrogens with one attached hydrogen (secondary N) is 1. The highest BCUT2D eigenvalue weighted by Crippen LogP contribution is 2.43. The molecule has 0 radical (unpaired) electrons. The smallest absolute Gasteiger partial charge is 0.0863 e. The fraction of sp³-hybridized carbons (Fsp3) is 0.600. The normalized spacial score (nSPS) is 31.4. The van der Waals surface area contributed by atoms with Gasteiger partial charge in [-0.05, 0) is 29.5 Å². The predicted molar refractivity (Wildman–Crippen MR) is 69.3 cm³/mol. The van der Waals surface area contributed by atoms with Gasteiger partial charge >= 0.3 is 0 Å². The maximum atomic E-state index is 6.14. The molecule has 1 aromatic rings. The van der Waals surface area contributed by atoms with Crippen molar-refractivity contribution in [2.45, 2.75) is 44.8 Å². The van der Waals surface area contributed by atoms with Crippen LogP contribution in [-0.2, 0) is 11.3 Å². The van der Waals surface area contributed by atoms with Crippen molar-refractivity contribution in [3.8, 4) is 0 Å². The Kier molecular flexibility index (Phi) is 2.53. The zero-order valence-corrected chi connectivity index (χ0v) is 10.9. The topological polar surface area (TPSA) is 21.3 Å². The van der Waals surface area contributed by atoms with Crippen LogP contribution in [0.25, 0.3) is 0 Å². The highest BCUT2D eigenvalue weighted by Gasteiger charge is 2.44. The minimum absolute atomic E-state index is 0.00258. The molecule has 1 N–H and O–H groups in total. The Morgan fingerprint density at radius 2 is 2.24 bits per heavy atom. The van der Waals surface area contributed by atoms with Gasteiger partial charge in [-0.15, -0.1) is 0 Å². The molecule has 2 nitrogen and oxygen atoms in total. The molecular formula is C15H21NO. The van der Waals surface area contributed by atoms with Crippen molar-refractivity contribution in [1.29, 1.82) is 0 Å². The molecule has 2 heterocycles. The van der Waals surface area contributed by atoms with Crippen molar-refractivity contribution in [1.82, 2.24) is 5.32 Å². The van der Waals surface area contributed by atoms with Crippen LogP contribution in [0.2, 0.25) is 0 Å². The fourth-order valence-electron chi connectivity index (χ4n) is 3.29. The number of hydrogen-bond acceptors (Lipinski definition) is 2. The second-order valence-electron chi connectivity index (χ2n) is 5.85. The third-order valence-electron chi connectivity index (χ3n) is 4.35. The Morgan fingerprint density at radius 3 is 3.00 bits per heavy atom. The molecule has 0 aromatic heterocycles. The van der Waals surface area contributed by atoms with E-state index in [0.29, 0.717) is 11.8 Å². The summed E-state index contributed by atoms with van der Waals surface area (Å²) in [5, 5.41) is 3.47. The quantitative estimate of drug-likeness (QED) is 0.802. The highest BCUT2D eigenvalue weighted by atomic mass is 16.5. The summed E-state index contributed by atoms with van der Waals surface area (Å²) >= 11 is 0. The van der Waals surface area contributed by atoms with E-state index in [1.165, 1.54) is 16.7 Å². The average molecular weight is 231 g/mol. The first-order valence-corrected chi connectivity index (χ1v) is 6.58. The van der Waals surface area contributed by atoms with Gasteiger partial charge in [0, 0.05) is 19.0 Å². The number of benzene rings is 1. The van der Waals surface area contributed by atoms with Gasteiger partial charge < -0.3 is 10.1 Å². The minimum Gasteiger partial charge on any atom is -0.369 e. The van der Waals surface area contributed by atoms with Crippen molar-refractivity contribution in [3.05, 3.63) is 34.9 Å². The molecule has 0 unspecified atom stereocenters. The lowest BCUT2D eigenvalue weighted by Crippen LogP contribution is -2.40. The van der Waals surface area contributed by atoms with Crippen LogP contribution < -0.4 is 5.32 Å². The first-order valence-electron chi connectivity index (χ1n) is 6.58. The first kappa shape index (κ1) is 11.2. The van der Waals surface area contributed by atoms with Crippen LogP contribution in [0.4, 0.5) is 0 Å². The second kappa shape index (κ2) is 3.82. The molecule has 17 heavy (non-hydrogen) atoms. The largest absolute Gasteiger partial charge is 0.369 e. The lowest BCUT2D eigenvalue weighted by atomic mass is 9.79. The molecule has 2 heteroatoms. The molecule has 3 rings (SSSR count). The second-order valence-corrected chi connectivity index (χ2v) is 5.85. The summed E-state index contributed by atoms with van der Waals surface area (Å²) in [4.78, 5) is 0. The summed E-state index contributed by atoms with van der Waals surface area (Å²) in [7, 11) is 0. The molecule has 0 amide bonds. The van der Waals surface area contributed by atoms with Gasteiger partial charge in [0.25, 0.3) is 0 Å². The van der Waals surface area contributed by atoms with E-state index in [1.807, 2.05) is 0 Å². The Hall–Kier alpha value is -0.860. The van der Waals surface area contributed by atoms with E-state index in [2.05, 4.69) is 44.3 Å². The molecule has 1 saturated heterocycles. The molecule has 1 fully saturated rings. The Bertz CT molecular complexity index is 441. The lowest BCUT2D eigenvalue weighted by Gasteiger charge is -2.38. The van der Waals surface area contributed by atoms with E-state index in [9.17, 15) is 0 Å². The van der Waals surface area contributed by atoms with E-state index in [0.717, 1.165) is 19.7 Å². The molecule has 2 atom stereocenters. The van der Waals surface area contributed by atoms with Crippen LogP contribution in [0.5, 0.6) is 0 Å². The molecule has 2 aliphatic rings. The Balaban J connectivity index is 2.10. The number of ether oxygens (including phenoxy) is 1. The third-order valence-corrected chi connectivity index (χ3v) is 4.35. The van der Waals surface area contributed by atoms with Crippen molar-refractivity contribution < 1.29 is 4.74 Å². The number of fused-ring (bicyclic) bond motifs is 3. The third kappa shape index (κ3) is 1.62. The van der Waals surface area contributed by atoms with Crippen molar-refractivity contribution in [2.75, 3.05) is 13.1 Å². The van der Waals surface area contributed by atoms with E-state index >= 15 is 0 Å². The van der Waals surface area contributed by atoms with Crippen molar-refractivity contribution >= 4 is 0 Å². The summed E-state index contributed by atoms with van der Waals surface area (Å²) in [5.41, 5.74) is 4.41. The molecule has 0 saturated carbocycles. The van der Waals surface area contributed by atoms with Crippen molar-refractivity contribution in [2.24, 2.45) is 0 Å². The van der Waals surface area contributed by atoms with Crippen LogP contribution in [0.3, 0.4) is 0 Å². The zero-order valence-electron chi connectivity index (χ0n) is 10.9. The molecule has 92 valence electrons. The van der Waals surface area contributed by atoms with Crippen LogP contribution >= 0.6 is 0 Å². The first-order chi connectivity index (χ1) is 8.12. The lowest BCUT2D eigenvalue weighted by molar-refractivity contribution is -0.0522. The molecular weight excluding hydrogens is 210 g/mol. The SMILES string of the molecule is CC(C)c1cccc2c1CO[C@@]1(C)CNC[C@H]21. The average Bonchev–Trinajstić information content (AvgIpc) is 2.70. The van der Waals surface area contributed by atoms with Gasteiger partial charge in [-0.2, -0.15) is 0 Å². The summed E-state index contributed by atoms with van der Waals surface area (Å²) in [6.07, 6.45) is 0. The maximum absolute atomic E-state index is 6.14. The van der Waals surface area contributed by atoms with Crippen molar-refractivity contribution in [3.63, 3.8) is 0 Å². The van der Waals surface area contributed by atoms with Gasteiger partial charge in [0.1, 0.15) is 0 Å². The molecule has 0 spiro atoms. The van der Waals surface area contributed by atoms with E-state index in [-0.39, 0.29) is 5.60 Å². The fourth-order valence-corrected chi connectivity index (χ4v) is 3.29. The maximum Gasteiger partial charge on any atom is 0.0863 e. The minimum atomic E-state index is 0.00258. The predicted octanol–water partition coefficient (Wildman–Crippen LogP) is 2.79. The molecule has 1 aromatic carbocycles. The van der Waals surface area contributed by atoms with Gasteiger partial charge in [-0.1, -0.05) is 32.0 Å². The van der Waals surface area contributed by atoms with Crippen LogP contribution in [0.15, 0.2) is 18.2 Å². The number of hydrogen-bond donors (Lipinski definition) is 1. The summed E-state index contributed by atoms with van der Waals surface area (Å²) < 4.78 is 6.14. The number of rotatable bonds is 1. The molecule has 2 aliphatic heterocycles. The van der Waals surface area contributed by atoms with Gasteiger partial charge in [0.2, 0.25) is 0 Å². The van der Waals surface area contributed by atoms with E-state index < -0.39 is 0 Å². The molecule has 0 bridgehead atoms. The monoisotopic (exact) mass is 231 g/mol. The van der Waals surface area contributed by atoms with Gasteiger partial charge in [-0.25, -0.2) is 0 Å². The molecule has 0 aliphatic carbocycles. The van der Waals surface area contributed by atoms with Gasteiger partial charge in [-0.3, -0.25) is 0 Å². The summed E-state index contributed by atoms with van der Waals surface area (Å²) in [5.74, 6) is 1.09. The van der Waals surface area contributed by atoms with Crippen LogP contribution in [-0.4, -0.2) is 18.7 Å². The van der Waals surface area contributed by atoms with Gasteiger partial charge in [0.05, 0.1) is 12.2 Å². The summed E-state index contributed by atoms with van der Waals surface area (Å²) in [6, 6.07) is 6.75. The van der Waals surface area contributed by atoms with Crippen LogP contribution in [0, 0.1) is 0 Å². The Labute approximate surface area is 103 Å². The Morgan fingerprint density at radius 1 is 1.41 bits per heavy atom. The standard InChI is InChI=1S/C15H21NO/c1-10(2)11-5-4-6-12-13(11)8-17-15(3)9-16-7-14(12)15/h4-6,10,14,16H,7-9H2,1-3H3/t14-,15+/m1/s1. The van der Waals surface area contributed by atoms with Crippen LogP contribution in [0.1, 0.15) is 49.3 Å².